The van der Waals surface area contributed by atoms with E-state index >= 15 is 0 Å². The highest BCUT2D eigenvalue weighted by molar-refractivity contribution is 5.86. The number of rotatable bonds is 4. The second-order valence-electron chi connectivity index (χ2n) is 2.67. The number of hydrogen-bond donors (Lipinski definition) is 1. The lowest BCUT2D eigenvalue weighted by Gasteiger charge is -2.10. The maximum atomic E-state index is 10.8. The summed E-state index contributed by atoms with van der Waals surface area (Å²) in [5.41, 5.74) is 0.453. The summed E-state index contributed by atoms with van der Waals surface area (Å²) in [5.74, 6) is -0.308. The highest BCUT2D eigenvalue weighted by Crippen LogP contribution is 1.88. The normalized spacial score (nSPS) is 12.3. The van der Waals surface area contributed by atoms with Crippen molar-refractivity contribution in [1.29, 1.82) is 0 Å². The van der Waals surface area contributed by atoms with Gasteiger partial charge in [0.15, 0.2) is 0 Å². The maximum Gasteiger partial charge on any atom is 0.337 e. The summed E-state index contributed by atoms with van der Waals surface area (Å²) in [5, 5.41) is 0. The van der Waals surface area contributed by atoms with Crippen LogP contribution in [0.1, 0.15) is 13.8 Å². The van der Waals surface area contributed by atoms with Crippen LogP contribution in [0.4, 0.5) is 0 Å². The molecule has 0 heterocycles. The van der Waals surface area contributed by atoms with Gasteiger partial charge in [-0.15, -0.1) is 0 Å². The number of ether oxygens (including phenoxy) is 1. The smallest absolute Gasteiger partial charge is 0.337 e. The van der Waals surface area contributed by atoms with Gasteiger partial charge in [-0.05, 0) is 13.8 Å². The molecular weight excluding hydrogens is 142 g/mol. The van der Waals surface area contributed by atoms with Crippen LogP contribution in [0.3, 0.4) is 0 Å². The third-order valence-corrected chi connectivity index (χ3v) is 1.40. The van der Waals surface area contributed by atoms with Crippen LogP contribution in [0.15, 0.2) is 12.2 Å². The first-order valence-corrected chi connectivity index (χ1v) is 3.71. The molecule has 11 heavy (non-hydrogen) atoms. The van der Waals surface area contributed by atoms with E-state index in [1.54, 1.807) is 6.92 Å². The molecule has 0 saturated carbocycles. The second-order valence-corrected chi connectivity index (χ2v) is 2.67. The van der Waals surface area contributed by atoms with Gasteiger partial charge < -0.3 is 9.64 Å². The third kappa shape index (κ3) is 4.56. The van der Waals surface area contributed by atoms with Gasteiger partial charge in [-0.2, -0.15) is 0 Å². The molecule has 1 unspecified atom stereocenters. The van der Waals surface area contributed by atoms with Gasteiger partial charge in [0, 0.05) is 5.57 Å². The van der Waals surface area contributed by atoms with Crippen molar-refractivity contribution in [1.82, 2.24) is 0 Å². The number of carbonyl (C=O) groups is 1. The molecule has 0 radical (unpaired) electrons. The zero-order valence-electron chi connectivity index (χ0n) is 7.44. The van der Waals surface area contributed by atoms with Gasteiger partial charge in [0.1, 0.15) is 0 Å². The van der Waals surface area contributed by atoms with E-state index in [2.05, 4.69) is 6.58 Å². The Morgan fingerprint density at radius 1 is 1.64 bits per heavy atom. The van der Waals surface area contributed by atoms with Crippen LogP contribution >= 0.6 is 0 Å². The molecule has 0 amide bonds. The van der Waals surface area contributed by atoms with Crippen molar-refractivity contribution in [3.8, 4) is 0 Å². The summed E-state index contributed by atoms with van der Waals surface area (Å²) in [6.07, 6.45) is 0. The van der Waals surface area contributed by atoms with Crippen LogP contribution in [0.5, 0.6) is 0 Å². The Kier molecular flexibility index (Phi) is 4.54. The highest BCUT2D eigenvalue weighted by atomic mass is 16.5. The topological polar surface area (TPSA) is 30.7 Å². The molecule has 1 N–H and O–H groups in total. The molecule has 0 saturated heterocycles. The van der Waals surface area contributed by atoms with Gasteiger partial charge in [0.2, 0.25) is 6.73 Å². The predicted molar refractivity (Wildman–Crippen MR) is 43.2 cm³/mol. The minimum Gasteiger partial charge on any atom is -0.412 e. The highest BCUT2D eigenvalue weighted by Gasteiger charge is 2.05. The Labute approximate surface area is 67.6 Å². The molecular formula is C8H16NO2+. The molecule has 0 bridgehead atoms. The van der Waals surface area contributed by atoms with Crippen LogP contribution in [0, 0.1) is 0 Å². The van der Waals surface area contributed by atoms with Crippen LogP contribution in [0.2, 0.25) is 0 Å². The number of quaternary nitrogens is 1. The number of esters is 1. The summed E-state index contributed by atoms with van der Waals surface area (Å²) in [6, 6.07) is 0. The largest absolute Gasteiger partial charge is 0.412 e. The Hall–Kier alpha value is -0.830. The minimum atomic E-state index is -0.308. The molecule has 0 rings (SSSR count). The van der Waals surface area contributed by atoms with Crippen molar-refractivity contribution in [2.24, 2.45) is 0 Å². The number of carbonyl (C=O) groups excluding carboxylic acids is 1. The lowest BCUT2D eigenvalue weighted by atomic mass is 10.4. The summed E-state index contributed by atoms with van der Waals surface area (Å²) >= 11 is 0. The second kappa shape index (κ2) is 4.91. The molecule has 0 aromatic carbocycles. The van der Waals surface area contributed by atoms with Crippen LogP contribution < -0.4 is 4.90 Å². The Bertz CT molecular complexity index is 154. The molecule has 0 aliphatic heterocycles. The van der Waals surface area contributed by atoms with E-state index in [0.717, 1.165) is 6.54 Å². The first-order chi connectivity index (χ1) is 5.07. The SMILES string of the molecule is C=C(C)C(=O)OC[NH+](C)CC. The average Bonchev–Trinajstić information content (AvgIpc) is 1.99. The van der Waals surface area contributed by atoms with Crippen molar-refractivity contribution in [3.63, 3.8) is 0 Å². The molecule has 0 aromatic heterocycles. The van der Waals surface area contributed by atoms with E-state index in [4.69, 9.17) is 4.74 Å². The van der Waals surface area contributed by atoms with Gasteiger partial charge in [-0.3, -0.25) is 0 Å². The molecule has 64 valence electrons. The summed E-state index contributed by atoms with van der Waals surface area (Å²) < 4.78 is 4.88. The van der Waals surface area contributed by atoms with Crippen molar-refractivity contribution in [3.05, 3.63) is 12.2 Å². The maximum absolute atomic E-state index is 10.8. The summed E-state index contributed by atoms with van der Waals surface area (Å²) in [6.45, 7) is 8.52. The van der Waals surface area contributed by atoms with Crippen LogP contribution in [-0.4, -0.2) is 26.3 Å². The molecule has 0 aromatic rings. The molecule has 0 aliphatic carbocycles. The molecule has 3 nitrogen and oxygen atoms in total. The standard InChI is InChI=1S/C8H15NO2/c1-5-9(4)6-11-8(10)7(2)3/h2,5-6H2,1,3-4H3/p+1. The van der Waals surface area contributed by atoms with Gasteiger partial charge in [0.05, 0.1) is 13.6 Å². The van der Waals surface area contributed by atoms with Crippen molar-refractivity contribution >= 4 is 5.97 Å². The van der Waals surface area contributed by atoms with Crippen LogP contribution in [0.25, 0.3) is 0 Å². The van der Waals surface area contributed by atoms with E-state index in [1.165, 1.54) is 4.90 Å². The fourth-order valence-corrected chi connectivity index (χ4v) is 0.414. The quantitative estimate of drug-likeness (QED) is 0.343. The van der Waals surface area contributed by atoms with E-state index in [-0.39, 0.29) is 5.97 Å². The van der Waals surface area contributed by atoms with E-state index in [9.17, 15) is 4.79 Å². The Morgan fingerprint density at radius 2 is 2.18 bits per heavy atom. The number of hydrogen-bond acceptors (Lipinski definition) is 2. The molecule has 0 spiro atoms. The van der Waals surface area contributed by atoms with E-state index in [1.807, 2.05) is 14.0 Å². The van der Waals surface area contributed by atoms with Crippen molar-refractivity contribution in [2.75, 3.05) is 20.3 Å². The average molecular weight is 158 g/mol. The third-order valence-electron chi connectivity index (χ3n) is 1.40. The van der Waals surface area contributed by atoms with Gasteiger partial charge in [0.25, 0.3) is 0 Å². The first-order valence-electron chi connectivity index (χ1n) is 3.71. The molecule has 1 atom stereocenters. The summed E-state index contributed by atoms with van der Waals surface area (Å²) in [7, 11) is 1.96. The minimum absolute atomic E-state index is 0.308. The van der Waals surface area contributed by atoms with E-state index in [0.29, 0.717) is 12.3 Å². The Balaban J connectivity index is 3.54. The monoisotopic (exact) mass is 158 g/mol. The Morgan fingerprint density at radius 3 is 2.55 bits per heavy atom. The van der Waals surface area contributed by atoms with Gasteiger partial charge >= 0.3 is 5.97 Å². The van der Waals surface area contributed by atoms with Gasteiger partial charge in [-0.25, -0.2) is 4.79 Å². The lowest BCUT2D eigenvalue weighted by Crippen LogP contribution is -3.09. The fraction of sp³-hybridized carbons (Fsp3) is 0.625. The van der Waals surface area contributed by atoms with Crippen molar-refractivity contribution in [2.45, 2.75) is 13.8 Å². The zero-order valence-corrected chi connectivity index (χ0v) is 7.44. The van der Waals surface area contributed by atoms with Gasteiger partial charge in [-0.1, -0.05) is 6.58 Å². The van der Waals surface area contributed by atoms with Crippen LogP contribution in [-0.2, 0) is 9.53 Å². The first kappa shape index (κ1) is 10.2. The molecule has 0 fully saturated rings. The lowest BCUT2D eigenvalue weighted by molar-refractivity contribution is -0.895. The number of nitrogens with one attached hydrogen (secondary N) is 1. The molecule has 0 aliphatic rings. The van der Waals surface area contributed by atoms with Crippen molar-refractivity contribution < 1.29 is 14.4 Å². The zero-order chi connectivity index (χ0) is 8.85. The summed E-state index contributed by atoms with van der Waals surface area (Å²) in [4.78, 5) is 12.0. The van der Waals surface area contributed by atoms with E-state index < -0.39 is 0 Å². The molecule has 3 heteroatoms. The predicted octanol–water partition coefficient (Wildman–Crippen LogP) is -0.402. The fourth-order valence-electron chi connectivity index (χ4n) is 0.414.